The number of hydrogen-bond acceptors (Lipinski definition) is 4. The molecule has 0 saturated carbocycles. The molecule has 19 heavy (non-hydrogen) atoms. The molecule has 1 aromatic heterocycles. The van der Waals surface area contributed by atoms with Crippen LogP contribution in [0.4, 0.5) is 0 Å². The Labute approximate surface area is 125 Å². The molecule has 2 bridgehead atoms. The zero-order valence-electron chi connectivity index (χ0n) is 11.0. The van der Waals surface area contributed by atoms with Gasteiger partial charge >= 0.3 is 0 Å². The lowest BCUT2D eigenvalue weighted by Gasteiger charge is -2.22. The Morgan fingerprint density at radius 2 is 1.79 bits per heavy atom. The van der Waals surface area contributed by atoms with Gasteiger partial charge in [-0.15, -0.1) is 24.8 Å². The first-order valence-electron chi connectivity index (χ1n) is 6.67. The van der Waals surface area contributed by atoms with Crippen LogP contribution in [-0.2, 0) is 6.54 Å². The van der Waals surface area contributed by atoms with Crippen molar-refractivity contribution in [3.05, 3.63) is 11.6 Å². The highest BCUT2D eigenvalue weighted by molar-refractivity contribution is 5.85. The van der Waals surface area contributed by atoms with Gasteiger partial charge in [-0.2, -0.15) is 5.10 Å². The number of aromatic amines is 1. The summed E-state index contributed by atoms with van der Waals surface area (Å²) >= 11 is 0. The average molecular weight is 306 g/mol. The second-order valence-electron chi connectivity index (χ2n) is 5.71. The van der Waals surface area contributed by atoms with Crippen LogP contribution in [0.1, 0.15) is 24.5 Å². The number of nitrogens with zero attached hydrogens (tertiary/aromatic N) is 3. The van der Waals surface area contributed by atoms with E-state index < -0.39 is 0 Å². The lowest BCUT2D eigenvalue weighted by Crippen LogP contribution is -2.34. The summed E-state index contributed by atoms with van der Waals surface area (Å²) < 4.78 is 0. The highest BCUT2D eigenvalue weighted by atomic mass is 35.5. The maximum atomic E-state index is 4.44. The molecule has 0 unspecified atom stereocenters. The standard InChI is InChI=1S/C12H19N5.2ClH/c1-7-14-12(16-15-7)6-17-10-2-3-11(17)9-5-13-4-8(9)10;;/h8-11,13H,2-6H2,1H3,(H,14,15,16);2*1H/t8-,9+,10-,11+;;. The SMILES string of the molecule is Cc1nc(CN2[C@@H]3CC[C@H]2[C@H]2CNC[C@H]23)n[nH]1.Cl.Cl. The Bertz CT molecular complexity index is 420. The van der Waals surface area contributed by atoms with Gasteiger partial charge in [0.15, 0.2) is 5.82 Å². The molecule has 0 aliphatic carbocycles. The summed E-state index contributed by atoms with van der Waals surface area (Å²) in [6, 6.07) is 1.55. The summed E-state index contributed by atoms with van der Waals surface area (Å²) in [4.78, 5) is 7.11. The molecule has 0 radical (unpaired) electrons. The lowest BCUT2D eigenvalue weighted by atomic mass is 9.82. The van der Waals surface area contributed by atoms with Gasteiger partial charge in [0.2, 0.25) is 0 Å². The highest BCUT2D eigenvalue weighted by Gasteiger charge is 2.54. The van der Waals surface area contributed by atoms with Crippen LogP contribution < -0.4 is 5.32 Å². The third-order valence-corrected chi connectivity index (χ3v) is 4.88. The summed E-state index contributed by atoms with van der Waals surface area (Å²) in [6.45, 7) is 5.34. The van der Waals surface area contributed by atoms with Crippen LogP contribution in [-0.4, -0.2) is 45.3 Å². The topological polar surface area (TPSA) is 56.8 Å². The van der Waals surface area contributed by atoms with Crippen molar-refractivity contribution in [3.8, 4) is 0 Å². The molecule has 3 aliphatic rings. The van der Waals surface area contributed by atoms with Gasteiger partial charge < -0.3 is 5.32 Å². The molecule has 3 fully saturated rings. The quantitative estimate of drug-likeness (QED) is 0.860. The highest BCUT2D eigenvalue weighted by Crippen LogP contribution is 2.47. The first-order valence-corrected chi connectivity index (χ1v) is 6.67. The predicted molar refractivity (Wildman–Crippen MR) is 77.8 cm³/mol. The van der Waals surface area contributed by atoms with Crippen molar-refractivity contribution in [2.45, 2.75) is 38.4 Å². The predicted octanol–water partition coefficient (Wildman–Crippen LogP) is 1.14. The minimum Gasteiger partial charge on any atom is -0.316 e. The van der Waals surface area contributed by atoms with Crippen molar-refractivity contribution in [2.75, 3.05) is 13.1 Å². The fourth-order valence-electron chi connectivity index (χ4n) is 4.26. The minimum absolute atomic E-state index is 0. The normalized spacial score (nSPS) is 35.8. The summed E-state index contributed by atoms with van der Waals surface area (Å²) in [6.07, 6.45) is 2.74. The van der Waals surface area contributed by atoms with Crippen molar-refractivity contribution in [2.24, 2.45) is 11.8 Å². The van der Waals surface area contributed by atoms with Gasteiger partial charge in [0, 0.05) is 12.1 Å². The number of hydrogen-bond donors (Lipinski definition) is 2. The molecule has 108 valence electrons. The van der Waals surface area contributed by atoms with Gasteiger partial charge in [-0.3, -0.25) is 10.00 Å². The lowest BCUT2D eigenvalue weighted by molar-refractivity contribution is 0.213. The number of rotatable bonds is 2. The molecule has 2 N–H and O–H groups in total. The van der Waals surface area contributed by atoms with Gasteiger partial charge in [-0.1, -0.05) is 0 Å². The van der Waals surface area contributed by atoms with E-state index in [-0.39, 0.29) is 24.8 Å². The Balaban J connectivity index is 0.000000667. The largest absolute Gasteiger partial charge is 0.316 e. The summed E-state index contributed by atoms with van der Waals surface area (Å²) in [5.74, 6) is 3.66. The number of fused-ring (bicyclic) bond motifs is 5. The molecule has 4 rings (SSSR count). The van der Waals surface area contributed by atoms with Gasteiger partial charge in [0.25, 0.3) is 0 Å². The van der Waals surface area contributed by atoms with Crippen LogP contribution in [0.3, 0.4) is 0 Å². The van der Waals surface area contributed by atoms with E-state index in [9.17, 15) is 0 Å². The van der Waals surface area contributed by atoms with Crippen LogP contribution in [0.25, 0.3) is 0 Å². The molecule has 7 heteroatoms. The first-order chi connectivity index (χ1) is 8.33. The van der Waals surface area contributed by atoms with Crippen molar-refractivity contribution in [1.29, 1.82) is 0 Å². The molecule has 4 atom stereocenters. The van der Waals surface area contributed by atoms with Gasteiger partial charge in [0.1, 0.15) is 5.82 Å². The first kappa shape index (κ1) is 15.0. The summed E-state index contributed by atoms with van der Waals surface area (Å²) in [5.41, 5.74) is 0. The van der Waals surface area contributed by atoms with E-state index in [0.717, 1.165) is 42.1 Å². The Morgan fingerprint density at radius 1 is 1.16 bits per heavy atom. The van der Waals surface area contributed by atoms with Crippen LogP contribution >= 0.6 is 24.8 Å². The van der Waals surface area contributed by atoms with Crippen LogP contribution in [0.15, 0.2) is 0 Å². The van der Waals surface area contributed by atoms with E-state index in [1.807, 2.05) is 6.92 Å². The molecule has 3 aliphatic heterocycles. The monoisotopic (exact) mass is 305 g/mol. The second kappa shape index (κ2) is 5.56. The molecule has 4 heterocycles. The van der Waals surface area contributed by atoms with Crippen LogP contribution in [0.5, 0.6) is 0 Å². The minimum atomic E-state index is 0. The van der Waals surface area contributed by atoms with Crippen molar-refractivity contribution >= 4 is 24.8 Å². The second-order valence-corrected chi connectivity index (χ2v) is 5.71. The van der Waals surface area contributed by atoms with Crippen molar-refractivity contribution in [1.82, 2.24) is 25.4 Å². The third kappa shape index (κ3) is 2.27. The van der Waals surface area contributed by atoms with Crippen LogP contribution in [0, 0.1) is 18.8 Å². The maximum Gasteiger partial charge on any atom is 0.164 e. The third-order valence-electron chi connectivity index (χ3n) is 4.88. The molecule has 5 nitrogen and oxygen atoms in total. The van der Waals surface area contributed by atoms with E-state index in [2.05, 4.69) is 25.4 Å². The zero-order valence-corrected chi connectivity index (χ0v) is 12.6. The van der Waals surface area contributed by atoms with E-state index in [1.54, 1.807) is 0 Å². The molecule has 0 aromatic carbocycles. The van der Waals surface area contributed by atoms with Crippen LogP contribution in [0.2, 0.25) is 0 Å². The molecule has 3 saturated heterocycles. The van der Waals surface area contributed by atoms with Crippen molar-refractivity contribution in [3.63, 3.8) is 0 Å². The summed E-state index contributed by atoms with van der Waals surface area (Å²) in [5, 5.41) is 10.8. The van der Waals surface area contributed by atoms with E-state index >= 15 is 0 Å². The fourth-order valence-corrected chi connectivity index (χ4v) is 4.26. The zero-order chi connectivity index (χ0) is 11.4. The molecule has 1 aromatic rings. The molecule has 0 spiro atoms. The molecular formula is C12H21Cl2N5. The Kier molecular flexibility index (Phi) is 4.40. The van der Waals surface area contributed by atoms with E-state index in [1.165, 1.54) is 25.9 Å². The number of aromatic nitrogens is 3. The number of halogens is 2. The molecule has 0 amide bonds. The average Bonchev–Trinajstić information content (AvgIpc) is 3.02. The van der Waals surface area contributed by atoms with Gasteiger partial charge in [-0.25, -0.2) is 4.98 Å². The van der Waals surface area contributed by atoms with E-state index in [0.29, 0.717) is 0 Å². The Hall–Kier alpha value is -0.360. The maximum absolute atomic E-state index is 4.44. The smallest absolute Gasteiger partial charge is 0.164 e. The number of nitrogens with one attached hydrogen (secondary N) is 2. The number of aryl methyl sites for hydroxylation is 1. The van der Waals surface area contributed by atoms with Gasteiger partial charge in [0.05, 0.1) is 6.54 Å². The van der Waals surface area contributed by atoms with Crippen molar-refractivity contribution < 1.29 is 0 Å². The number of H-pyrrole nitrogens is 1. The fraction of sp³-hybridized carbons (Fsp3) is 0.833. The van der Waals surface area contributed by atoms with E-state index in [4.69, 9.17) is 0 Å². The summed E-state index contributed by atoms with van der Waals surface area (Å²) in [7, 11) is 0. The molecular weight excluding hydrogens is 285 g/mol. The van der Waals surface area contributed by atoms with Gasteiger partial charge in [-0.05, 0) is 44.7 Å². The Morgan fingerprint density at radius 3 is 2.32 bits per heavy atom.